The van der Waals surface area contributed by atoms with Gasteiger partial charge in [0.15, 0.2) is 0 Å². The molecule has 0 aromatic heterocycles. The van der Waals surface area contributed by atoms with Gasteiger partial charge >= 0.3 is 12.4 Å². The van der Waals surface area contributed by atoms with Crippen molar-refractivity contribution in [3.8, 4) is 0 Å². The van der Waals surface area contributed by atoms with Crippen molar-refractivity contribution in [2.24, 2.45) is 5.73 Å². The second-order valence-electron chi connectivity index (χ2n) is 5.82. The van der Waals surface area contributed by atoms with Crippen molar-refractivity contribution in [3.05, 3.63) is 35.4 Å². The number of hydrogen-bond donors (Lipinski definition) is 1. The molecule has 0 aliphatic carbocycles. The lowest BCUT2D eigenvalue weighted by Crippen LogP contribution is -2.57. The molecule has 0 saturated carbocycles. The summed E-state index contributed by atoms with van der Waals surface area (Å²) in [4.78, 5) is 12.9. The highest BCUT2D eigenvalue weighted by molar-refractivity contribution is 5.79. The van der Waals surface area contributed by atoms with Crippen LogP contribution in [0.25, 0.3) is 0 Å². The first-order valence-corrected chi connectivity index (χ1v) is 7.26. The van der Waals surface area contributed by atoms with Crippen LogP contribution >= 0.6 is 0 Å². The number of piperidine rings is 1. The quantitative estimate of drug-likeness (QED) is 0.830. The predicted octanol–water partition coefficient (Wildman–Crippen LogP) is 3.13. The third-order valence-electron chi connectivity index (χ3n) is 3.93. The van der Waals surface area contributed by atoms with Crippen LogP contribution in [-0.4, -0.2) is 35.6 Å². The Morgan fingerprint density at radius 2 is 1.83 bits per heavy atom. The number of alkyl halides is 6. The van der Waals surface area contributed by atoms with Gasteiger partial charge in [-0.3, -0.25) is 4.79 Å². The number of carbonyl (C=O) groups excluding carboxylic acids is 1. The first-order valence-electron chi connectivity index (χ1n) is 7.26. The largest absolute Gasteiger partial charge is 0.416 e. The van der Waals surface area contributed by atoms with Crippen LogP contribution in [-0.2, 0) is 17.4 Å². The first-order chi connectivity index (χ1) is 11.0. The zero-order valence-corrected chi connectivity index (χ0v) is 12.5. The molecule has 1 fully saturated rings. The molecular weight excluding hydrogens is 338 g/mol. The molecule has 2 N–H and O–H groups in total. The second kappa shape index (κ2) is 6.62. The van der Waals surface area contributed by atoms with E-state index < -0.39 is 42.3 Å². The topological polar surface area (TPSA) is 46.3 Å². The van der Waals surface area contributed by atoms with Gasteiger partial charge in [-0.05, 0) is 24.5 Å². The van der Waals surface area contributed by atoms with E-state index in [1.807, 2.05) is 0 Å². The van der Waals surface area contributed by atoms with E-state index >= 15 is 0 Å². The van der Waals surface area contributed by atoms with E-state index in [0.717, 1.165) is 18.2 Å². The summed E-state index contributed by atoms with van der Waals surface area (Å²) in [5.74, 6) is -0.883. The van der Waals surface area contributed by atoms with Crippen molar-refractivity contribution < 1.29 is 31.1 Å². The number of halogens is 6. The number of likely N-dealkylation sites (tertiary alicyclic amines) is 1. The number of carbonyl (C=O) groups is 1. The zero-order valence-electron chi connectivity index (χ0n) is 12.5. The van der Waals surface area contributed by atoms with E-state index in [9.17, 15) is 31.1 Å². The summed E-state index contributed by atoms with van der Waals surface area (Å²) >= 11 is 0. The Labute approximate surface area is 134 Å². The van der Waals surface area contributed by atoms with Crippen LogP contribution in [0.2, 0.25) is 0 Å². The average Bonchev–Trinajstić information content (AvgIpc) is 2.45. The Balaban J connectivity index is 2.18. The molecule has 1 aromatic rings. The Kier molecular flexibility index (Phi) is 5.12. The van der Waals surface area contributed by atoms with E-state index in [1.54, 1.807) is 0 Å². The van der Waals surface area contributed by atoms with E-state index in [2.05, 4.69) is 0 Å². The maximum atomic E-state index is 13.1. The van der Waals surface area contributed by atoms with Gasteiger partial charge in [-0.1, -0.05) is 18.2 Å². The molecule has 2 atom stereocenters. The van der Waals surface area contributed by atoms with Crippen LogP contribution < -0.4 is 5.73 Å². The van der Waals surface area contributed by atoms with Crippen molar-refractivity contribution in [1.82, 2.24) is 4.90 Å². The van der Waals surface area contributed by atoms with Gasteiger partial charge in [-0.2, -0.15) is 26.3 Å². The standard InChI is InChI=1S/C15H16F6N2O/c16-14(17,18)10-3-1-2-9(6-10)7-13(24)23-8-11(22)4-5-12(23)15(19,20)21/h1-3,6,11-12H,4-5,7-8,22H2. The summed E-state index contributed by atoms with van der Waals surface area (Å²) in [6.07, 6.45) is -9.88. The number of hydrogen-bond acceptors (Lipinski definition) is 2. The predicted molar refractivity (Wildman–Crippen MR) is 73.9 cm³/mol. The maximum absolute atomic E-state index is 13.1. The van der Waals surface area contributed by atoms with Gasteiger partial charge in [0.05, 0.1) is 12.0 Å². The van der Waals surface area contributed by atoms with E-state index in [0.29, 0.717) is 4.90 Å². The van der Waals surface area contributed by atoms with Crippen LogP contribution in [0.5, 0.6) is 0 Å². The molecule has 134 valence electrons. The zero-order chi connectivity index (χ0) is 18.1. The van der Waals surface area contributed by atoms with E-state index in [4.69, 9.17) is 5.73 Å². The Hall–Kier alpha value is -1.77. The summed E-state index contributed by atoms with van der Waals surface area (Å²) < 4.78 is 77.2. The fraction of sp³-hybridized carbons (Fsp3) is 0.533. The third-order valence-corrected chi connectivity index (χ3v) is 3.93. The normalized spacial score (nSPS) is 22.5. The minimum Gasteiger partial charge on any atom is -0.329 e. The van der Waals surface area contributed by atoms with Gasteiger partial charge in [0, 0.05) is 12.6 Å². The van der Waals surface area contributed by atoms with Crippen molar-refractivity contribution in [1.29, 1.82) is 0 Å². The minimum absolute atomic E-state index is 0.00916. The molecule has 2 rings (SSSR count). The number of nitrogens with zero attached hydrogens (tertiary/aromatic N) is 1. The molecule has 3 nitrogen and oxygen atoms in total. The molecule has 2 unspecified atom stereocenters. The fourth-order valence-electron chi connectivity index (χ4n) is 2.75. The molecule has 0 bridgehead atoms. The molecule has 0 radical (unpaired) electrons. The average molecular weight is 354 g/mol. The van der Waals surface area contributed by atoms with Crippen LogP contribution in [0.1, 0.15) is 24.0 Å². The van der Waals surface area contributed by atoms with Crippen molar-refractivity contribution in [2.45, 2.75) is 43.7 Å². The van der Waals surface area contributed by atoms with Crippen molar-refractivity contribution in [3.63, 3.8) is 0 Å². The molecular formula is C15H16F6N2O. The van der Waals surface area contributed by atoms with E-state index in [-0.39, 0.29) is 24.9 Å². The van der Waals surface area contributed by atoms with Gasteiger partial charge in [0.1, 0.15) is 6.04 Å². The molecule has 9 heteroatoms. The van der Waals surface area contributed by atoms with Crippen LogP contribution in [0.3, 0.4) is 0 Å². The summed E-state index contributed by atoms with van der Waals surface area (Å²) in [7, 11) is 0. The monoisotopic (exact) mass is 354 g/mol. The summed E-state index contributed by atoms with van der Waals surface area (Å²) in [5, 5.41) is 0. The van der Waals surface area contributed by atoms with Gasteiger partial charge in [-0.15, -0.1) is 0 Å². The summed E-state index contributed by atoms with van der Waals surface area (Å²) in [6, 6.07) is 1.48. The third kappa shape index (κ3) is 4.40. The number of nitrogens with two attached hydrogens (primary N) is 1. The maximum Gasteiger partial charge on any atom is 0.416 e. The lowest BCUT2D eigenvalue weighted by molar-refractivity contribution is -0.196. The molecule has 1 heterocycles. The second-order valence-corrected chi connectivity index (χ2v) is 5.82. The van der Waals surface area contributed by atoms with Gasteiger partial charge in [0.25, 0.3) is 0 Å². The Morgan fingerprint density at radius 3 is 2.42 bits per heavy atom. The Bertz CT molecular complexity index is 598. The number of amides is 1. The van der Waals surface area contributed by atoms with Gasteiger partial charge in [0.2, 0.25) is 5.91 Å². The first kappa shape index (κ1) is 18.6. The van der Waals surface area contributed by atoms with Crippen LogP contribution in [0.4, 0.5) is 26.3 Å². The molecule has 1 saturated heterocycles. The molecule has 1 aromatic carbocycles. The van der Waals surface area contributed by atoms with E-state index in [1.165, 1.54) is 6.07 Å². The number of rotatable bonds is 2. The molecule has 24 heavy (non-hydrogen) atoms. The molecule has 1 aliphatic heterocycles. The Morgan fingerprint density at radius 1 is 1.17 bits per heavy atom. The van der Waals surface area contributed by atoms with Crippen LogP contribution in [0.15, 0.2) is 24.3 Å². The highest BCUT2D eigenvalue weighted by Crippen LogP contribution is 2.33. The lowest BCUT2D eigenvalue weighted by atomic mass is 9.97. The molecule has 1 amide bonds. The highest BCUT2D eigenvalue weighted by Gasteiger charge is 2.47. The van der Waals surface area contributed by atoms with Crippen LogP contribution in [0, 0.1) is 0 Å². The molecule has 1 aliphatic rings. The summed E-state index contributed by atoms with van der Waals surface area (Å²) in [6.45, 7) is -0.262. The minimum atomic E-state index is -4.59. The summed E-state index contributed by atoms with van der Waals surface area (Å²) in [5.41, 5.74) is 4.69. The SMILES string of the molecule is NC1CCC(C(F)(F)F)N(C(=O)Cc2cccc(C(F)(F)F)c2)C1. The lowest BCUT2D eigenvalue weighted by Gasteiger charge is -2.39. The fourth-order valence-corrected chi connectivity index (χ4v) is 2.75. The van der Waals surface area contributed by atoms with Gasteiger partial charge in [-0.25, -0.2) is 0 Å². The van der Waals surface area contributed by atoms with Gasteiger partial charge < -0.3 is 10.6 Å². The molecule has 0 spiro atoms. The number of benzene rings is 1. The van der Waals surface area contributed by atoms with Crippen molar-refractivity contribution >= 4 is 5.91 Å². The van der Waals surface area contributed by atoms with Crippen molar-refractivity contribution in [2.75, 3.05) is 6.54 Å². The smallest absolute Gasteiger partial charge is 0.329 e. The highest BCUT2D eigenvalue weighted by atomic mass is 19.4.